The molecule has 2 rings (SSSR count). The third kappa shape index (κ3) is 3.98. The molecule has 0 aromatic heterocycles. The number of oxime groups is 1. The Labute approximate surface area is 111 Å². The zero-order valence-corrected chi connectivity index (χ0v) is 11.2. The summed E-state index contributed by atoms with van der Waals surface area (Å²) in [6.45, 7) is 4.65. The minimum atomic E-state index is -0.535. The molecule has 1 aromatic rings. The Morgan fingerprint density at radius 3 is 2.78 bits per heavy atom. The van der Waals surface area contributed by atoms with Gasteiger partial charge in [0.25, 0.3) is 0 Å². The van der Waals surface area contributed by atoms with Crippen molar-refractivity contribution < 1.29 is 14.3 Å². The molecule has 1 aliphatic heterocycles. The topological polar surface area (TPSA) is 40.0 Å². The van der Waals surface area contributed by atoms with Gasteiger partial charge >= 0.3 is 0 Å². The van der Waals surface area contributed by atoms with E-state index in [9.17, 15) is 0 Å². The van der Waals surface area contributed by atoms with E-state index >= 15 is 0 Å². The molecule has 0 unspecified atom stereocenters. The Hall–Kier alpha value is -1.10. The van der Waals surface area contributed by atoms with E-state index in [2.05, 4.69) is 5.16 Å². The van der Waals surface area contributed by atoms with Crippen LogP contribution < -0.4 is 0 Å². The summed E-state index contributed by atoms with van der Waals surface area (Å²) in [5.74, 6) is -0.535. The third-order valence-electron chi connectivity index (χ3n) is 2.48. The molecule has 1 saturated heterocycles. The van der Waals surface area contributed by atoms with Crippen molar-refractivity contribution >= 4 is 17.8 Å². The van der Waals surface area contributed by atoms with Crippen LogP contribution in [0, 0.1) is 0 Å². The van der Waals surface area contributed by atoms with Gasteiger partial charge in [-0.05, 0) is 31.5 Å². The molecule has 0 radical (unpaired) electrons. The molecular weight excluding hydrogens is 254 g/mol. The van der Waals surface area contributed by atoms with Gasteiger partial charge < -0.3 is 14.3 Å². The SMILES string of the molecule is CC1(C)OC[C@@H](/C=N/OCc2ccc(Cl)cc2)O1. The van der Waals surface area contributed by atoms with Crippen molar-refractivity contribution in [3.05, 3.63) is 34.9 Å². The van der Waals surface area contributed by atoms with Crippen LogP contribution in [-0.4, -0.2) is 24.7 Å². The molecule has 0 spiro atoms. The van der Waals surface area contributed by atoms with E-state index < -0.39 is 5.79 Å². The van der Waals surface area contributed by atoms with Crippen molar-refractivity contribution in [1.29, 1.82) is 0 Å². The summed E-state index contributed by atoms with van der Waals surface area (Å²) >= 11 is 5.78. The number of rotatable bonds is 4. The lowest BCUT2D eigenvalue weighted by atomic mass is 10.2. The highest BCUT2D eigenvalue weighted by atomic mass is 35.5. The fourth-order valence-electron chi connectivity index (χ4n) is 1.59. The van der Waals surface area contributed by atoms with Crippen LogP contribution in [0.5, 0.6) is 0 Å². The third-order valence-corrected chi connectivity index (χ3v) is 2.73. The van der Waals surface area contributed by atoms with Crippen molar-refractivity contribution in [1.82, 2.24) is 0 Å². The monoisotopic (exact) mass is 269 g/mol. The molecule has 1 aliphatic rings. The first-order chi connectivity index (χ1) is 8.55. The molecule has 0 N–H and O–H groups in total. The van der Waals surface area contributed by atoms with E-state index in [-0.39, 0.29) is 6.10 Å². The summed E-state index contributed by atoms with van der Waals surface area (Å²) in [6.07, 6.45) is 1.47. The van der Waals surface area contributed by atoms with E-state index in [1.54, 1.807) is 6.21 Å². The molecule has 5 heteroatoms. The summed E-state index contributed by atoms with van der Waals surface area (Å²) in [5.41, 5.74) is 1.01. The molecular formula is C13H16ClNO3. The van der Waals surface area contributed by atoms with Crippen LogP contribution in [0.25, 0.3) is 0 Å². The number of ether oxygens (including phenoxy) is 2. The van der Waals surface area contributed by atoms with Gasteiger partial charge in [-0.2, -0.15) is 0 Å². The van der Waals surface area contributed by atoms with Crippen LogP contribution in [0.15, 0.2) is 29.4 Å². The van der Waals surface area contributed by atoms with Gasteiger partial charge in [-0.3, -0.25) is 0 Å². The lowest BCUT2D eigenvalue weighted by Crippen LogP contribution is -2.21. The second-order valence-corrected chi connectivity index (χ2v) is 4.96. The Balaban J connectivity index is 1.74. The van der Waals surface area contributed by atoms with Gasteiger partial charge in [0.1, 0.15) is 12.7 Å². The van der Waals surface area contributed by atoms with Crippen molar-refractivity contribution in [3.8, 4) is 0 Å². The van der Waals surface area contributed by atoms with Gasteiger partial charge in [0.2, 0.25) is 0 Å². The molecule has 1 heterocycles. The van der Waals surface area contributed by atoms with Gasteiger partial charge in [0.05, 0.1) is 12.8 Å². The fraction of sp³-hybridized carbons (Fsp3) is 0.462. The van der Waals surface area contributed by atoms with Crippen LogP contribution in [0.2, 0.25) is 5.02 Å². The number of hydrogen-bond acceptors (Lipinski definition) is 4. The van der Waals surface area contributed by atoms with E-state index in [0.29, 0.717) is 18.2 Å². The van der Waals surface area contributed by atoms with E-state index in [1.165, 1.54) is 0 Å². The summed E-state index contributed by atoms with van der Waals surface area (Å²) < 4.78 is 10.9. The highest BCUT2D eigenvalue weighted by Gasteiger charge is 2.31. The van der Waals surface area contributed by atoms with Crippen LogP contribution in [0.3, 0.4) is 0 Å². The predicted molar refractivity (Wildman–Crippen MR) is 69.6 cm³/mol. The molecule has 4 nitrogen and oxygen atoms in total. The molecule has 1 atom stereocenters. The average molecular weight is 270 g/mol. The van der Waals surface area contributed by atoms with Crippen molar-refractivity contribution in [2.75, 3.05) is 6.61 Å². The van der Waals surface area contributed by atoms with Crippen LogP contribution in [0.1, 0.15) is 19.4 Å². The number of benzene rings is 1. The standard InChI is InChI=1S/C13H16ClNO3/c1-13(2)16-9-12(18-13)7-15-17-8-10-3-5-11(14)6-4-10/h3-7,12H,8-9H2,1-2H3/b15-7+/t12-/m1/s1. The average Bonchev–Trinajstić information content (AvgIpc) is 2.67. The summed E-state index contributed by atoms with van der Waals surface area (Å²) in [5, 5.41) is 4.58. The van der Waals surface area contributed by atoms with E-state index in [4.69, 9.17) is 25.9 Å². The number of hydrogen-bond donors (Lipinski definition) is 0. The van der Waals surface area contributed by atoms with Gasteiger partial charge in [0, 0.05) is 5.02 Å². The molecule has 0 bridgehead atoms. The lowest BCUT2D eigenvalue weighted by molar-refractivity contribution is -0.131. The first-order valence-corrected chi connectivity index (χ1v) is 6.15. The highest BCUT2D eigenvalue weighted by Crippen LogP contribution is 2.21. The minimum absolute atomic E-state index is 0.148. The van der Waals surface area contributed by atoms with Gasteiger partial charge in [-0.1, -0.05) is 28.9 Å². The van der Waals surface area contributed by atoms with Crippen LogP contribution >= 0.6 is 11.6 Å². The van der Waals surface area contributed by atoms with Gasteiger partial charge in [0.15, 0.2) is 5.79 Å². The molecule has 1 aromatic carbocycles. The molecule has 98 valence electrons. The zero-order chi connectivity index (χ0) is 13.0. The Kier molecular flexibility index (Phi) is 4.22. The van der Waals surface area contributed by atoms with E-state index in [1.807, 2.05) is 38.1 Å². The Bertz CT molecular complexity index is 417. The second kappa shape index (κ2) is 5.69. The maximum absolute atomic E-state index is 5.78. The van der Waals surface area contributed by atoms with Crippen LogP contribution in [-0.2, 0) is 20.9 Å². The number of nitrogens with zero attached hydrogens (tertiary/aromatic N) is 1. The molecule has 0 aliphatic carbocycles. The predicted octanol–water partition coefficient (Wildman–Crippen LogP) is 2.99. The van der Waals surface area contributed by atoms with Gasteiger partial charge in [-0.15, -0.1) is 0 Å². The largest absolute Gasteiger partial charge is 0.391 e. The van der Waals surface area contributed by atoms with Gasteiger partial charge in [-0.25, -0.2) is 0 Å². The zero-order valence-electron chi connectivity index (χ0n) is 10.4. The fourth-order valence-corrected chi connectivity index (χ4v) is 1.72. The van der Waals surface area contributed by atoms with Crippen molar-refractivity contribution in [2.45, 2.75) is 32.3 Å². The molecule has 0 amide bonds. The Morgan fingerprint density at radius 2 is 2.17 bits per heavy atom. The second-order valence-electron chi connectivity index (χ2n) is 4.52. The maximum Gasteiger partial charge on any atom is 0.163 e. The maximum atomic E-state index is 5.78. The molecule has 0 saturated carbocycles. The van der Waals surface area contributed by atoms with Crippen molar-refractivity contribution in [3.63, 3.8) is 0 Å². The van der Waals surface area contributed by atoms with Crippen molar-refractivity contribution in [2.24, 2.45) is 5.16 Å². The quantitative estimate of drug-likeness (QED) is 0.623. The smallest absolute Gasteiger partial charge is 0.163 e. The first-order valence-electron chi connectivity index (χ1n) is 5.77. The molecule has 1 fully saturated rings. The lowest BCUT2D eigenvalue weighted by Gasteiger charge is -2.15. The van der Waals surface area contributed by atoms with Crippen LogP contribution in [0.4, 0.5) is 0 Å². The molecule has 18 heavy (non-hydrogen) atoms. The Morgan fingerprint density at radius 1 is 1.44 bits per heavy atom. The number of halogens is 1. The summed E-state index contributed by atoms with van der Waals surface area (Å²) in [6, 6.07) is 7.44. The minimum Gasteiger partial charge on any atom is -0.391 e. The summed E-state index contributed by atoms with van der Waals surface area (Å²) in [7, 11) is 0. The highest BCUT2D eigenvalue weighted by molar-refractivity contribution is 6.30. The first kappa shape index (κ1) is 13.3. The van der Waals surface area contributed by atoms with E-state index in [0.717, 1.165) is 5.56 Å². The normalized spacial score (nSPS) is 22.5. The summed E-state index contributed by atoms with van der Waals surface area (Å²) in [4.78, 5) is 5.18.